The van der Waals surface area contributed by atoms with Crippen LogP contribution in [-0.2, 0) is 20.0 Å². The van der Waals surface area contributed by atoms with Gasteiger partial charge >= 0.3 is 0 Å². The van der Waals surface area contributed by atoms with E-state index in [4.69, 9.17) is 16.3 Å². The highest BCUT2D eigenvalue weighted by atomic mass is 35.5. The zero-order chi connectivity index (χ0) is 27.4. The molecule has 4 aromatic rings. The van der Waals surface area contributed by atoms with Gasteiger partial charge < -0.3 is 14.6 Å². The molecule has 0 atom stereocenters. The number of aromatic nitrogens is 3. The lowest BCUT2D eigenvalue weighted by Crippen LogP contribution is -2.29. The van der Waals surface area contributed by atoms with Gasteiger partial charge in [0.15, 0.2) is 17.3 Å². The Balaban J connectivity index is 1.69. The van der Waals surface area contributed by atoms with E-state index >= 15 is 0 Å². The summed E-state index contributed by atoms with van der Waals surface area (Å²) in [6.45, 7) is 3.72. The Hall–Kier alpha value is -4.24. The first-order valence-electron chi connectivity index (χ1n) is 11.9. The number of nitrogens with zero attached hydrogens (tertiary/aromatic N) is 3. The third-order valence-corrected chi connectivity index (χ3v) is 5.95. The van der Waals surface area contributed by atoms with Gasteiger partial charge in [-0.3, -0.25) is 19.0 Å². The van der Waals surface area contributed by atoms with Gasteiger partial charge in [0, 0.05) is 59.8 Å². The lowest BCUT2D eigenvalue weighted by Gasteiger charge is -2.16. The predicted molar refractivity (Wildman–Crippen MR) is 144 cm³/mol. The van der Waals surface area contributed by atoms with Gasteiger partial charge in [-0.15, -0.1) is 0 Å². The quantitative estimate of drug-likeness (QED) is 0.310. The molecular weight excluding hydrogens is 511 g/mol. The first-order valence-corrected chi connectivity index (χ1v) is 12.2. The minimum Gasteiger partial charge on any atom is -0.488 e. The summed E-state index contributed by atoms with van der Waals surface area (Å²) in [4.78, 5) is 42.7. The average Bonchev–Trinajstić information content (AvgIpc) is 2.87. The zero-order valence-corrected chi connectivity index (χ0v) is 21.8. The number of halogens is 2. The van der Waals surface area contributed by atoms with Gasteiger partial charge in [0.1, 0.15) is 0 Å². The highest BCUT2D eigenvalue weighted by Gasteiger charge is 2.17. The fourth-order valence-electron chi connectivity index (χ4n) is 3.73. The molecule has 0 saturated heterocycles. The topological polar surface area (TPSA) is 95.2 Å². The Morgan fingerprint density at radius 1 is 1.11 bits per heavy atom. The van der Waals surface area contributed by atoms with Crippen molar-refractivity contribution in [2.45, 2.75) is 32.9 Å². The fourth-order valence-corrected chi connectivity index (χ4v) is 3.85. The molecule has 2 aromatic carbocycles. The second-order valence-corrected chi connectivity index (χ2v) is 9.46. The van der Waals surface area contributed by atoms with E-state index in [0.29, 0.717) is 10.7 Å². The van der Waals surface area contributed by atoms with Crippen LogP contribution in [0.1, 0.15) is 35.3 Å². The number of aryl methyl sites for hydroxylation is 1. The third-order valence-electron chi connectivity index (χ3n) is 5.70. The number of rotatable bonds is 9. The molecule has 10 heteroatoms. The van der Waals surface area contributed by atoms with Crippen LogP contribution in [0.15, 0.2) is 76.6 Å². The summed E-state index contributed by atoms with van der Waals surface area (Å²) < 4.78 is 22.7. The van der Waals surface area contributed by atoms with Crippen molar-refractivity contribution in [2.24, 2.45) is 7.05 Å². The van der Waals surface area contributed by atoms with Crippen LogP contribution in [0, 0.1) is 5.82 Å². The molecule has 4 rings (SSSR count). The molecule has 0 aliphatic carbocycles. The summed E-state index contributed by atoms with van der Waals surface area (Å²) in [5.41, 5.74) is 0.711. The van der Waals surface area contributed by atoms with E-state index < -0.39 is 11.4 Å². The van der Waals surface area contributed by atoms with Crippen LogP contribution in [-0.4, -0.2) is 26.0 Å². The number of carbonyl (C=O) groups excluding carboxylic acids is 1. The Labute approximate surface area is 223 Å². The van der Waals surface area contributed by atoms with E-state index in [1.54, 1.807) is 51.2 Å². The molecule has 0 unspecified atom stereocenters. The molecule has 0 bridgehead atoms. The molecule has 0 aliphatic heterocycles. The summed E-state index contributed by atoms with van der Waals surface area (Å²) in [5.74, 6) is -0.678. The van der Waals surface area contributed by atoms with E-state index in [0.717, 1.165) is 5.56 Å². The lowest BCUT2D eigenvalue weighted by atomic mass is 10.1. The molecule has 38 heavy (non-hydrogen) atoms. The number of ketones is 1. The van der Waals surface area contributed by atoms with Gasteiger partial charge in [0.25, 0.3) is 11.1 Å². The van der Waals surface area contributed by atoms with Crippen LogP contribution in [0.2, 0.25) is 5.02 Å². The van der Waals surface area contributed by atoms with Gasteiger partial charge in [-0.25, -0.2) is 9.37 Å². The maximum atomic E-state index is 14.6. The van der Waals surface area contributed by atoms with Gasteiger partial charge in [-0.05, 0) is 49.7 Å². The van der Waals surface area contributed by atoms with Crippen molar-refractivity contribution in [3.05, 3.63) is 115 Å². The molecule has 0 spiro atoms. The molecule has 0 amide bonds. The van der Waals surface area contributed by atoms with Crippen molar-refractivity contribution in [3.63, 3.8) is 0 Å². The zero-order valence-electron chi connectivity index (χ0n) is 21.1. The van der Waals surface area contributed by atoms with Crippen molar-refractivity contribution in [2.75, 3.05) is 5.32 Å². The lowest BCUT2D eigenvalue weighted by molar-refractivity contribution is 0.0992. The summed E-state index contributed by atoms with van der Waals surface area (Å²) in [6.07, 6.45) is 2.38. The summed E-state index contributed by atoms with van der Waals surface area (Å²) >= 11 is 6.00. The van der Waals surface area contributed by atoms with Crippen molar-refractivity contribution >= 4 is 29.0 Å². The molecule has 0 aliphatic rings. The maximum Gasteiger partial charge on any atom is 0.258 e. The summed E-state index contributed by atoms with van der Waals surface area (Å²) in [6, 6.07) is 14.1. The van der Waals surface area contributed by atoms with Crippen molar-refractivity contribution in [3.8, 4) is 5.75 Å². The molecule has 0 fully saturated rings. The highest BCUT2D eigenvalue weighted by molar-refractivity contribution is 6.30. The normalized spacial score (nSPS) is 11.0. The van der Waals surface area contributed by atoms with Crippen LogP contribution in [0.4, 0.5) is 16.0 Å². The Kier molecular flexibility index (Phi) is 8.07. The number of anilines is 2. The van der Waals surface area contributed by atoms with E-state index in [-0.39, 0.29) is 53.2 Å². The smallest absolute Gasteiger partial charge is 0.258 e. The molecule has 1 N–H and O–H groups in total. The summed E-state index contributed by atoms with van der Waals surface area (Å²) in [7, 11) is 1.58. The number of hydrogen-bond acceptors (Lipinski definition) is 6. The first kappa shape index (κ1) is 26.8. The SMILES string of the molecule is CC(C)Oc1ccc(Nc2ncc(CC(=O)c3ccn(C)c(=O)c3)c(=O)n2Cc2ccc(Cl)cc2)cc1F. The molecule has 196 valence electrons. The van der Waals surface area contributed by atoms with E-state index in [9.17, 15) is 18.8 Å². The maximum absolute atomic E-state index is 14.6. The second-order valence-electron chi connectivity index (χ2n) is 9.03. The number of pyridine rings is 1. The van der Waals surface area contributed by atoms with Crippen molar-refractivity contribution in [1.29, 1.82) is 0 Å². The van der Waals surface area contributed by atoms with Crippen LogP contribution in [0.5, 0.6) is 5.75 Å². The Morgan fingerprint density at radius 2 is 1.84 bits per heavy atom. The molecule has 0 saturated carbocycles. The molecule has 2 heterocycles. The van der Waals surface area contributed by atoms with Crippen LogP contribution in [0.3, 0.4) is 0 Å². The van der Waals surface area contributed by atoms with Gasteiger partial charge in [0.05, 0.1) is 12.6 Å². The molecular formula is C28H26ClFN4O4. The number of benzene rings is 2. The molecule has 0 radical (unpaired) electrons. The highest BCUT2D eigenvalue weighted by Crippen LogP contribution is 2.24. The number of ether oxygens (including phenoxy) is 1. The fraction of sp³-hybridized carbons (Fsp3) is 0.214. The van der Waals surface area contributed by atoms with E-state index in [2.05, 4.69) is 10.3 Å². The van der Waals surface area contributed by atoms with Crippen molar-refractivity contribution in [1.82, 2.24) is 14.1 Å². The average molecular weight is 537 g/mol. The second kappa shape index (κ2) is 11.4. The van der Waals surface area contributed by atoms with Gasteiger partial charge in [-0.1, -0.05) is 23.7 Å². The standard InChI is InChI=1S/C28H26ClFN4O4/c1-17(2)38-25-9-8-22(14-23(25)30)32-28-31-15-20(12-24(35)19-10-11-33(3)26(36)13-19)27(37)34(28)16-18-4-6-21(29)7-5-18/h4-11,13-15,17H,12,16H2,1-3H3,(H,31,32). The predicted octanol–water partition coefficient (Wildman–Crippen LogP) is 4.74. The van der Waals surface area contributed by atoms with E-state index in [1.807, 2.05) is 0 Å². The van der Waals surface area contributed by atoms with Crippen LogP contribution in [0.25, 0.3) is 0 Å². The number of hydrogen-bond donors (Lipinski definition) is 1. The Bertz CT molecular complexity index is 1600. The number of nitrogens with one attached hydrogen (secondary N) is 1. The van der Waals surface area contributed by atoms with E-state index in [1.165, 1.54) is 45.8 Å². The van der Waals surface area contributed by atoms with Gasteiger partial charge in [-0.2, -0.15) is 0 Å². The largest absolute Gasteiger partial charge is 0.488 e. The van der Waals surface area contributed by atoms with Crippen LogP contribution < -0.4 is 21.2 Å². The Morgan fingerprint density at radius 3 is 2.50 bits per heavy atom. The monoisotopic (exact) mass is 536 g/mol. The third kappa shape index (κ3) is 6.36. The van der Waals surface area contributed by atoms with Crippen LogP contribution >= 0.6 is 11.6 Å². The number of Topliss-reactive ketones (excluding diaryl/α,β-unsaturated/α-hetero) is 1. The minimum atomic E-state index is -0.563. The minimum absolute atomic E-state index is 0.113. The molecule has 2 aromatic heterocycles. The first-order chi connectivity index (χ1) is 18.1. The van der Waals surface area contributed by atoms with Gasteiger partial charge in [0.2, 0.25) is 5.95 Å². The summed E-state index contributed by atoms with van der Waals surface area (Å²) in [5, 5.41) is 3.54. The van der Waals surface area contributed by atoms with Crippen molar-refractivity contribution < 1.29 is 13.9 Å². The number of carbonyl (C=O) groups is 1. The molecule has 8 nitrogen and oxygen atoms in total.